The van der Waals surface area contributed by atoms with Crippen molar-refractivity contribution in [3.63, 3.8) is 0 Å². The fourth-order valence-corrected chi connectivity index (χ4v) is 1.93. The molecule has 0 saturated carbocycles. The molecular formula is C14H22FNO4. The van der Waals surface area contributed by atoms with Gasteiger partial charge in [-0.1, -0.05) is 12.2 Å². The van der Waals surface area contributed by atoms with Crippen LogP contribution in [0.2, 0.25) is 0 Å². The topological polar surface area (TPSA) is 64.6 Å². The number of ether oxygens (including phenoxy) is 2. The third-order valence-electron chi connectivity index (χ3n) is 2.71. The molecule has 0 saturated heterocycles. The van der Waals surface area contributed by atoms with Gasteiger partial charge < -0.3 is 14.8 Å². The average Bonchev–Trinajstić information content (AvgIpc) is 2.29. The van der Waals surface area contributed by atoms with E-state index in [9.17, 15) is 14.0 Å². The van der Waals surface area contributed by atoms with Gasteiger partial charge in [-0.2, -0.15) is 0 Å². The van der Waals surface area contributed by atoms with Crippen LogP contribution in [-0.4, -0.2) is 36.5 Å². The van der Waals surface area contributed by atoms with E-state index in [1.807, 2.05) is 0 Å². The summed E-state index contributed by atoms with van der Waals surface area (Å²) >= 11 is 0. The predicted octanol–water partition coefficient (Wildman–Crippen LogP) is 2.36. The molecule has 20 heavy (non-hydrogen) atoms. The van der Waals surface area contributed by atoms with Crippen LogP contribution in [0.15, 0.2) is 12.2 Å². The van der Waals surface area contributed by atoms with Crippen LogP contribution >= 0.6 is 0 Å². The molecule has 0 radical (unpaired) electrons. The Morgan fingerprint density at radius 1 is 1.35 bits per heavy atom. The molecule has 6 heteroatoms. The van der Waals surface area contributed by atoms with E-state index in [-0.39, 0.29) is 13.0 Å². The maximum atomic E-state index is 13.4. The molecule has 3 atom stereocenters. The summed E-state index contributed by atoms with van der Waals surface area (Å²) in [6.07, 6.45) is 0.951. The van der Waals surface area contributed by atoms with Crippen LogP contribution in [0.3, 0.4) is 0 Å². The number of amides is 1. The van der Waals surface area contributed by atoms with Crippen molar-refractivity contribution in [2.45, 2.75) is 51.9 Å². The first kappa shape index (κ1) is 16.5. The van der Waals surface area contributed by atoms with Gasteiger partial charge in [0, 0.05) is 0 Å². The number of carbonyl (C=O) groups is 2. The minimum absolute atomic E-state index is 0.00417. The average molecular weight is 287 g/mol. The van der Waals surface area contributed by atoms with Crippen LogP contribution in [0.25, 0.3) is 0 Å². The molecule has 1 N–H and O–H groups in total. The van der Waals surface area contributed by atoms with Crippen LogP contribution in [0.5, 0.6) is 0 Å². The Kier molecular flexibility index (Phi) is 5.53. The monoisotopic (exact) mass is 287 g/mol. The SMILES string of the molecule is CCOC(=O)[C@H]1C[C@@H](F)C=C[C@@H]1NC(=O)OC(C)(C)C. The summed E-state index contributed by atoms with van der Waals surface area (Å²) in [4.78, 5) is 23.5. The highest BCUT2D eigenvalue weighted by Crippen LogP contribution is 2.23. The van der Waals surface area contributed by atoms with Crippen molar-refractivity contribution in [1.29, 1.82) is 0 Å². The van der Waals surface area contributed by atoms with Crippen LogP contribution in [0.1, 0.15) is 34.1 Å². The number of rotatable bonds is 3. The van der Waals surface area contributed by atoms with Gasteiger partial charge in [0.05, 0.1) is 18.6 Å². The van der Waals surface area contributed by atoms with Crippen LogP contribution in [-0.2, 0) is 14.3 Å². The summed E-state index contributed by atoms with van der Waals surface area (Å²) in [6, 6.07) is -0.615. The normalized spacial score (nSPS) is 25.9. The first-order valence-corrected chi connectivity index (χ1v) is 6.71. The highest BCUT2D eigenvalue weighted by Gasteiger charge is 2.35. The Bertz CT molecular complexity index is 389. The van der Waals surface area contributed by atoms with Crippen molar-refractivity contribution < 1.29 is 23.5 Å². The number of hydrogen-bond donors (Lipinski definition) is 1. The molecule has 0 spiro atoms. The van der Waals surface area contributed by atoms with Crippen molar-refractivity contribution in [3.05, 3.63) is 12.2 Å². The maximum Gasteiger partial charge on any atom is 0.408 e. The van der Waals surface area contributed by atoms with Crippen LogP contribution in [0.4, 0.5) is 9.18 Å². The van der Waals surface area contributed by atoms with Gasteiger partial charge in [0.15, 0.2) is 0 Å². The maximum absolute atomic E-state index is 13.4. The largest absolute Gasteiger partial charge is 0.466 e. The third kappa shape index (κ3) is 5.19. The molecule has 1 rings (SSSR count). The lowest BCUT2D eigenvalue weighted by Crippen LogP contribution is -2.47. The number of carbonyl (C=O) groups excluding carboxylic acids is 2. The van der Waals surface area contributed by atoms with E-state index < -0.39 is 35.8 Å². The summed E-state index contributed by atoms with van der Waals surface area (Å²) in [5.74, 6) is -1.25. The molecule has 0 bridgehead atoms. The minimum Gasteiger partial charge on any atom is -0.466 e. The van der Waals surface area contributed by atoms with Gasteiger partial charge in [-0.3, -0.25) is 4.79 Å². The molecule has 1 amide bonds. The molecule has 1 aliphatic carbocycles. The van der Waals surface area contributed by atoms with Gasteiger partial charge in [-0.15, -0.1) is 0 Å². The fourth-order valence-electron chi connectivity index (χ4n) is 1.93. The minimum atomic E-state index is -1.21. The summed E-state index contributed by atoms with van der Waals surface area (Å²) in [7, 11) is 0. The molecular weight excluding hydrogens is 265 g/mol. The Hall–Kier alpha value is -1.59. The first-order valence-electron chi connectivity index (χ1n) is 6.71. The van der Waals surface area contributed by atoms with Crippen molar-refractivity contribution in [2.75, 3.05) is 6.61 Å². The Labute approximate surface area is 118 Å². The first-order chi connectivity index (χ1) is 9.23. The van der Waals surface area contributed by atoms with E-state index in [4.69, 9.17) is 9.47 Å². The third-order valence-corrected chi connectivity index (χ3v) is 2.71. The zero-order valence-corrected chi connectivity index (χ0v) is 12.3. The van der Waals surface area contributed by atoms with Gasteiger partial charge in [0.1, 0.15) is 11.8 Å². The van der Waals surface area contributed by atoms with Gasteiger partial charge in [0.2, 0.25) is 0 Å². The standard InChI is InChI=1S/C14H22FNO4/c1-5-19-12(17)10-8-9(15)6-7-11(10)16-13(18)20-14(2,3)4/h6-7,9-11H,5,8H2,1-4H3,(H,16,18)/t9-,10-,11-/m0/s1. The number of esters is 1. The number of alkyl halides is 1. The lowest BCUT2D eigenvalue weighted by molar-refractivity contribution is -0.149. The summed E-state index contributed by atoms with van der Waals surface area (Å²) in [5.41, 5.74) is -0.634. The molecule has 0 unspecified atom stereocenters. The molecule has 0 aliphatic heterocycles. The highest BCUT2D eigenvalue weighted by atomic mass is 19.1. The summed E-state index contributed by atoms with van der Waals surface area (Å²) in [6.45, 7) is 7.12. The summed E-state index contributed by atoms with van der Waals surface area (Å²) < 4.78 is 23.4. The van der Waals surface area contributed by atoms with Gasteiger partial charge >= 0.3 is 12.1 Å². The Morgan fingerprint density at radius 3 is 2.55 bits per heavy atom. The van der Waals surface area contributed by atoms with Crippen molar-refractivity contribution in [3.8, 4) is 0 Å². The number of nitrogens with one attached hydrogen (secondary N) is 1. The van der Waals surface area contributed by atoms with Gasteiger partial charge in [0.25, 0.3) is 0 Å². The fraction of sp³-hybridized carbons (Fsp3) is 0.714. The van der Waals surface area contributed by atoms with Crippen molar-refractivity contribution >= 4 is 12.1 Å². The quantitative estimate of drug-likeness (QED) is 0.639. The van der Waals surface area contributed by atoms with E-state index in [0.29, 0.717) is 0 Å². The molecule has 0 aromatic carbocycles. The van der Waals surface area contributed by atoms with Gasteiger partial charge in [-0.05, 0) is 34.1 Å². The van der Waals surface area contributed by atoms with Crippen LogP contribution in [0, 0.1) is 5.92 Å². The number of halogens is 1. The second-order valence-corrected chi connectivity index (χ2v) is 5.67. The van der Waals surface area contributed by atoms with E-state index in [1.54, 1.807) is 27.7 Å². The summed E-state index contributed by atoms with van der Waals surface area (Å²) in [5, 5.41) is 2.57. The molecule has 5 nitrogen and oxygen atoms in total. The Balaban J connectivity index is 2.71. The van der Waals surface area contributed by atoms with Crippen LogP contribution < -0.4 is 5.32 Å². The number of alkyl carbamates (subject to hydrolysis) is 1. The van der Waals surface area contributed by atoms with E-state index in [2.05, 4.69) is 5.32 Å². The van der Waals surface area contributed by atoms with Crippen molar-refractivity contribution in [1.82, 2.24) is 5.32 Å². The molecule has 0 aromatic rings. The molecule has 0 fully saturated rings. The van der Waals surface area contributed by atoms with E-state index in [0.717, 1.165) is 0 Å². The number of hydrogen-bond acceptors (Lipinski definition) is 4. The van der Waals surface area contributed by atoms with Crippen molar-refractivity contribution in [2.24, 2.45) is 5.92 Å². The zero-order chi connectivity index (χ0) is 15.3. The molecule has 114 valence electrons. The lowest BCUT2D eigenvalue weighted by Gasteiger charge is -2.29. The van der Waals surface area contributed by atoms with E-state index in [1.165, 1.54) is 12.2 Å². The molecule has 0 heterocycles. The second kappa shape index (κ2) is 6.72. The second-order valence-electron chi connectivity index (χ2n) is 5.67. The predicted molar refractivity (Wildman–Crippen MR) is 71.9 cm³/mol. The Morgan fingerprint density at radius 2 is 2.00 bits per heavy atom. The molecule has 1 aliphatic rings. The zero-order valence-electron chi connectivity index (χ0n) is 12.3. The highest BCUT2D eigenvalue weighted by molar-refractivity contribution is 5.76. The molecule has 0 aromatic heterocycles. The van der Waals surface area contributed by atoms with Gasteiger partial charge in [-0.25, -0.2) is 9.18 Å². The lowest BCUT2D eigenvalue weighted by atomic mass is 9.88. The number of allylic oxidation sites excluding steroid dienone is 1. The smallest absolute Gasteiger partial charge is 0.408 e. The van der Waals surface area contributed by atoms with E-state index >= 15 is 0 Å².